The highest BCUT2D eigenvalue weighted by atomic mass is 79.9. The Morgan fingerprint density at radius 3 is 2.52 bits per heavy atom. The van der Waals surface area contributed by atoms with E-state index in [-0.39, 0.29) is 16.7 Å². The van der Waals surface area contributed by atoms with Crippen molar-refractivity contribution in [2.45, 2.75) is 17.9 Å². The number of hydrogen-bond acceptors (Lipinski definition) is 4. The molecule has 2 aromatic carbocycles. The highest BCUT2D eigenvalue weighted by molar-refractivity contribution is 9.11. The average Bonchev–Trinajstić information content (AvgIpc) is 2.96. The summed E-state index contributed by atoms with van der Waals surface area (Å²) in [5.74, 6) is 0.0370. The Morgan fingerprint density at radius 1 is 1.12 bits per heavy atom. The highest BCUT2D eigenvalue weighted by Gasteiger charge is 2.37. The zero-order chi connectivity index (χ0) is 17.8. The van der Waals surface area contributed by atoms with Gasteiger partial charge >= 0.3 is 0 Å². The third-order valence-corrected chi connectivity index (χ3v) is 7.88. The van der Waals surface area contributed by atoms with Crippen LogP contribution in [0.3, 0.4) is 0 Å². The van der Waals surface area contributed by atoms with E-state index in [1.165, 1.54) is 39.9 Å². The maximum absolute atomic E-state index is 13.3. The number of hydrogen-bond donors (Lipinski definition) is 1. The zero-order valence-corrected chi connectivity index (χ0v) is 16.4. The molecule has 128 valence electrons. The van der Waals surface area contributed by atoms with Crippen molar-refractivity contribution in [3.8, 4) is 16.2 Å². The van der Waals surface area contributed by atoms with Crippen LogP contribution in [0.4, 0.5) is 5.69 Å². The number of nitrogens with zero attached hydrogens (tertiary/aromatic N) is 1. The summed E-state index contributed by atoms with van der Waals surface area (Å²) < 4.78 is 29.0. The molecule has 0 fully saturated rings. The molecule has 0 saturated heterocycles. The number of halogens is 1. The minimum absolute atomic E-state index is 0.0370. The molecule has 25 heavy (non-hydrogen) atoms. The summed E-state index contributed by atoms with van der Waals surface area (Å²) in [4.78, 5) is 1.09. The lowest BCUT2D eigenvalue weighted by molar-refractivity contribution is 0.474. The van der Waals surface area contributed by atoms with Crippen molar-refractivity contribution >= 4 is 43.0 Å². The van der Waals surface area contributed by atoms with Crippen LogP contribution in [-0.2, 0) is 10.0 Å². The van der Waals surface area contributed by atoms with E-state index in [0.29, 0.717) is 5.69 Å². The van der Waals surface area contributed by atoms with E-state index < -0.39 is 10.0 Å². The lowest BCUT2D eigenvalue weighted by atomic mass is 9.96. The Morgan fingerprint density at radius 2 is 1.80 bits per heavy atom. The van der Waals surface area contributed by atoms with Gasteiger partial charge in [-0.3, -0.25) is 4.31 Å². The molecular weight excluding hydrogens is 422 g/mol. The third-order valence-electron chi connectivity index (χ3n) is 4.32. The highest BCUT2D eigenvalue weighted by Crippen LogP contribution is 2.51. The number of benzene rings is 2. The minimum atomic E-state index is -3.76. The second kappa shape index (κ2) is 5.86. The van der Waals surface area contributed by atoms with Gasteiger partial charge in [-0.25, -0.2) is 8.42 Å². The predicted octanol–water partition coefficient (Wildman–Crippen LogP) is 5.15. The lowest BCUT2D eigenvalue weighted by Gasteiger charge is -2.35. The van der Waals surface area contributed by atoms with Gasteiger partial charge in [0.2, 0.25) is 0 Å². The van der Waals surface area contributed by atoms with E-state index >= 15 is 0 Å². The lowest BCUT2D eigenvalue weighted by Crippen LogP contribution is -2.35. The van der Waals surface area contributed by atoms with Gasteiger partial charge < -0.3 is 5.11 Å². The van der Waals surface area contributed by atoms with Gasteiger partial charge in [-0.15, -0.1) is 11.3 Å². The van der Waals surface area contributed by atoms with E-state index in [1.54, 1.807) is 0 Å². The number of fused-ring (bicyclic) bond motifs is 3. The van der Waals surface area contributed by atoms with Gasteiger partial charge in [-0.1, -0.05) is 24.3 Å². The maximum atomic E-state index is 13.3. The fourth-order valence-electron chi connectivity index (χ4n) is 3.18. The molecule has 4 rings (SSSR count). The number of aromatic hydroxyl groups is 1. The Balaban J connectivity index is 1.95. The van der Waals surface area contributed by atoms with Crippen molar-refractivity contribution in [1.29, 1.82) is 0 Å². The van der Waals surface area contributed by atoms with Crippen LogP contribution >= 0.6 is 27.3 Å². The first-order valence-electron chi connectivity index (χ1n) is 7.61. The van der Waals surface area contributed by atoms with Crippen molar-refractivity contribution in [1.82, 2.24) is 0 Å². The molecule has 0 amide bonds. The molecule has 0 aliphatic carbocycles. The van der Waals surface area contributed by atoms with E-state index in [1.807, 2.05) is 37.3 Å². The smallest absolute Gasteiger partial charge is 0.264 e. The van der Waals surface area contributed by atoms with E-state index in [9.17, 15) is 13.5 Å². The molecule has 0 unspecified atom stereocenters. The molecule has 0 spiro atoms. The molecule has 1 aromatic heterocycles. The fourth-order valence-corrected chi connectivity index (χ4v) is 6.50. The molecule has 7 heteroatoms. The number of rotatable bonds is 2. The molecule has 3 aromatic rings. The van der Waals surface area contributed by atoms with Crippen molar-refractivity contribution in [3.63, 3.8) is 0 Å². The molecule has 1 N–H and O–H groups in total. The van der Waals surface area contributed by atoms with Crippen LogP contribution in [0.2, 0.25) is 0 Å². The van der Waals surface area contributed by atoms with E-state index in [4.69, 9.17) is 0 Å². The number of phenolic OH excluding ortho intramolecular Hbond substituents is 1. The van der Waals surface area contributed by atoms with E-state index in [0.717, 1.165) is 19.8 Å². The molecule has 2 heterocycles. The van der Waals surface area contributed by atoms with Crippen LogP contribution in [0, 0.1) is 0 Å². The van der Waals surface area contributed by atoms with Crippen molar-refractivity contribution in [2.75, 3.05) is 4.31 Å². The van der Waals surface area contributed by atoms with Gasteiger partial charge in [0.25, 0.3) is 10.0 Å². The molecule has 1 aliphatic rings. The van der Waals surface area contributed by atoms with Crippen LogP contribution < -0.4 is 4.31 Å². The molecule has 4 nitrogen and oxygen atoms in total. The topological polar surface area (TPSA) is 57.6 Å². The van der Waals surface area contributed by atoms with Crippen LogP contribution in [0.5, 0.6) is 5.75 Å². The summed E-state index contributed by atoms with van der Waals surface area (Å²) in [7, 11) is -3.76. The summed E-state index contributed by atoms with van der Waals surface area (Å²) in [5.41, 5.74) is 2.72. The van der Waals surface area contributed by atoms with Crippen LogP contribution in [-0.4, -0.2) is 13.5 Å². The van der Waals surface area contributed by atoms with Crippen molar-refractivity contribution in [3.05, 3.63) is 63.9 Å². The molecule has 0 bridgehead atoms. The van der Waals surface area contributed by atoms with Crippen molar-refractivity contribution in [2.24, 2.45) is 0 Å². The van der Waals surface area contributed by atoms with Gasteiger partial charge in [0.15, 0.2) is 0 Å². The van der Waals surface area contributed by atoms with Gasteiger partial charge in [-0.2, -0.15) is 0 Å². The summed E-state index contributed by atoms with van der Waals surface area (Å²) >= 11 is 5.01. The largest absolute Gasteiger partial charge is 0.508 e. The quantitative estimate of drug-likeness (QED) is 0.604. The fraction of sp³-hybridized carbons (Fsp3) is 0.111. The number of anilines is 1. The van der Waals surface area contributed by atoms with Crippen LogP contribution in [0.25, 0.3) is 10.4 Å². The van der Waals surface area contributed by atoms with Crippen LogP contribution in [0.15, 0.2) is 63.3 Å². The molecule has 1 atom stereocenters. The first kappa shape index (κ1) is 16.6. The molecule has 0 radical (unpaired) electrons. The summed E-state index contributed by atoms with van der Waals surface area (Å²) in [5, 5.41) is 9.46. The number of phenols is 1. The Bertz CT molecular complexity index is 1060. The maximum Gasteiger partial charge on any atom is 0.264 e. The van der Waals surface area contributed by atoms with Crippen LogP contribution in [0.1, 0.15) is 18.5 Å². The Kier molecular flexibility index (Phi) is 3.90. The summed E-state index contributed by atoms with van der Waals surface area (Å²) in [6, 6.07) is 15.0. The normalized spacial score (nSPS) is 16.4. The molecule has 1 aliphatic heterocycles. The van der Waals surface area contributed by atoms with E-state index in [2.05, 4.69) is 15.9 Å². The summed E-state index contributed by atoms with van der Waals surface area (Å²) in [6.07, 6.45) is 0. The van der Waals surface area contributed by atoms with Gasteiger partial charge in [-0.05, 0) is 64.3 Å². The Labute approximate surface area is 158 Å². The summed E-state index contributed by atoms with van der Waals surface area (Å²) in [6.45, 7) is 1.89. The zero-order valence-electron chi connectivity index (χ0n) is 13.2. The standard InChI is InChI=1S/C18H14BrNO3S2/c1-11-14-4-2-3-5-15(14)18-16(10-17(19)24-18)20(11)25(22,23)13-8-6-12(21)7-9-13/h2-11,21H,1H3/t11-/m0/s1. The molecular formula is C18H14BrNO3S2. The third kappa shape index (κ3) is 2.58. The monoisotopic (exact) mass is 435 g/mol. The molecule has 0 saturated carbocycles. The minimum Gasteiger partial charge on any atom is -0.508 e. The number of thiophene rings is 1. The number of sulfonamides is 1. The van der Waals surface area contributed by atoms with Crippen molar-refractivity contribution < 1.29 is 13.5 Å². The van der Waals surface area contributed by atoms with Gasteiger partial charge in [0.05, 0.1) is 25.3 Å². The average molecular weight is 436 g/mol. The Hall–Kier alpha value is -1.83. The SMILES string of the molecule is C[C@H]1c2ccccc2-c2sc(Br)cc2N1S(=O)(=O)c1ccc(O)cc1. The second-order valence-corrected chi connectivity index (χ2v) is 10.1. The van der Waals surface area contributed by atoms with Gasteiger partial charge in [0, 0.05) is 0 Å². The first-order chi connectivity index (χ1) is 11.9. The second-order valence-electron chi connectivity index (χ2n) is 5.82. The van der Waals surface area contributed by atoms with Gasteiger partial charge in [0.1, 0.15) is 5.75 Å². The predicted molar refractivity (Wildman–Crippen MR) is 104 cm³/mol. The first-order valence-corrected chi connectivity index (χ1v) is 10.7.